The number of hydrogen-bond donors (Lipinski definition) is 1. The van der Waals surface area contributed by atoms with E-state index in [0.717, 1.165) is 5.56 Å². The van der Waals surface area contributed by atoms with Crippen LogP contribution in [0.3, 0.4) is 0 Å². The number of hydrogen-bond acceptors (Lipinski definition) is 4. The van der Waals surface area contributed by atoms with E-state index in [-0.39, 0.29) is 5.78 Å². The molecule has 0 saturated carbocycles. The Bertz CT molecular complexity index is 633. The third-order valence-electron chi connectivity index (χ3n) is 3.41. The molecule has 0 saturated heterocycles. The number of benzene rings is 2. The van der Waals surface area contributed by atoms with Crippen LogP contribution in [-0.2, 0) is 0 Å². The molecule has 1 aliphatic heterocycles. The molecule has 2 aromatic carbocycles. The van der Waals surface area contributed by atoms with Crippen molar-refractivity contribution < 1.29 is 19.4 Å². The molecule has 4 nitrogen and oxygen atoms in total. The van der Waals surface area contributed by atoms with Crippen LogP contribution in [-0.4, -0.2) is 24.1 Å². The van der Waals surface area contributed by atoms with Crippen molar-refractivity contribution in [2.24, 2.45) is 0 Å². The number of ketones is 1. The molecule has 0 spiro atoms. The highest BCUT2D eigenvalue weighted by Gasteiger charge is 2.36. The fourth-order valence-corrected chi connectivity index (χ4v) is 2.31. The number of rotatable bonds is 2. The van der Waals surface area contributed by atoms with Crippen LogP contribution in [0.2, 0.25) is 0 Å². The summed E-state index contributed by atoms with van der Waals surface area (Å²) in [6, 6.07) is 14.1. The van der Waals surface area contributed by atoms with Crippen LogP contribution >= 0.6 is 0 Å². The summed E-state index contributed by atoms with van der Waals surface area (Å²) >= 11 is 0. The zero-order chi connectivity index (χ0) is 14.1. The van der Waals surface area contributed by atoms with Crippen molar-refractivity contribution in [3.8, 4) is 11.5 Å². The van der Waals surface area contributed by atoms with Gasteiger partial charge in [-0.05, 0) is 29.8 Å². The van der Waals surface area contributed by atoms with Gasteiger partial charge in [0.25, 0.3) is 0 Å². The largest absolute Gasteiger partial charge is 0.497 e. The molecule has 2 atom stereocenters. The van der Waals surface area contributed by atoms with Gasteiger partial charge in [-0.2, -0.15) is 0 Å². The van der Waals surface area contributed by atoms with Crippen LogP contribution < -0.4 is 9.47 Å². The van der Waals surface area contributed by atoms with E-state index < -0.39 is 12.2 Å². The number of carbonyl (C=O) groups excluding carboxylic acids is 1. The zero-order valence-corrected chi connectivity index (χ0v) is 10.9. The number of methoxy groups -OCH3 is 1. The van der Waals surface area contributed by atoms with Crippen molar-refractivity contribution >= 4 is 5.78 Å². The third-order valence-corrected chi connectivity index (χ3v) is 3.41. The molecule has 1 N–H and O–H groups in total. The lowest BCUT2D eigenvalue weighted by Gasteiger charge is -2.29. The normalized spacial score (nSPS) is 21.0. The number of fused-ring (bicyclic) bond motifs is 1. The summed E-state index contributed by atoms with van der Waals surface area (Å²) in [6.07, 6.45) is -1.89. The molecule has 0 radical (unpaired) electrons. The van der Waals surface area contributed by atoms with Crippen molar-refractivity contribution in [3.05, 3.63) is 59.7 Å². The second kappa shape index (κ2) is 4.98. The topological polar surface area (TPSA) is 55.8 Å². The van der Waals surface area contributed by atoms with Gasteiger partial charge in [0.15, 0.2) is 18.0 Å². The number of aliphatic hydroxyl groups is 1. The van der Waals surface area contributed by atoms with Gasteiger partial charge in [-0.15, -0.1) is 0 Å². The molecule has 20 heavy (non-hydrogen) atoms. The van der Waals surface area contributed by atoms with Crippen LogP contribution in [0.25, 0.3) is 0 Å². The maximum atomic E-state index is 12.2. The van der Waals surface area contributed by atoms with Gasteiger partial charge in [0, 0.05) is 0 Å². The SMILES string of the molecule is COc1ccc(C2Oc3ccccc3C(=O)C2O)cc1. The van der Waals surface area contributed by atoms with E-state index in [1.807, 2.05) is 0 Å². The Morgan fingerprint density at radius 2 is 1.80 bits per heavy atom. The predicted octanol–water partition coefficient (Wildman–Crippen LogP) is 2.37. The van der Waals surface area contributed by atoms with Gasteiger partial charge in [-0.25, -0.2) is 0 Å². The molecule has 0 bridgehead atoms. The van der Waals surface area contributed by atoms with Crippen molar-refractivity contribution in [3.63, 3.8) is 0 Å². The summed E-state index contributed by atoms with van der Waals surface area (Å²) in [5, 5.41) is 10.2. The average molecular weight is 270 g/mol. The van der Waals surface area contributed by atoms with Gasteiger partial charge in [0.2, 0.25) is 0 Å². The Kier molecular flexibility index (Phi) is 3.16. The van der Waals surface area contributed by atoms with Gasteiger partial charge in [-0.3, -0.25) is 4.79 Å². The molecule has 2 unspecified atom stereocenters. The van der Waals surface area contributed by atoms with Gasteiger partial charge < -0.3 is 14.6 Å². The van der Waals surface area contributed by atoms with Gasteiger partial charge in [0.1, 0.15) is 11.5 Å². The molecule has 4 heteroatoms. The predicted molar refractivity (Wildman–Crippen MR) is 73.1 cm³/mol. The Balaban J connectivity index is 1.97. The lowest BCUT2D eigenvalue weighted by molar-refractivity contribution is 0.0216. The van der Waals surface area contributed by atoms with Crippen LogP contribution in [0.4, 0.5) is 0 Å². The number of Topliss-reactive ketones (excluding diaryl/α,β-unsaturated/α-hetero) is 1. The summed E-state index contributed by atoms with van der Waals surface area (Å²) in [5.41, 5.74) is 1.16. The molecule has 0 fully saturated rings. The number of para-hydroxylation sites is 1. The van der Waals surface area contributed by atoms with Crippen molar-refractivity contribution in [2.45, 2.75) is 12.2 Å². The van der Waals surface area contributed by atoms with Crippen molar-refractivity contribution in [1.82, 2.24) is 0 Å². The summed E-state index contributed by atoms with van der Waals surface area (Å²) < 4.78 is 10.9. The van der Waals surface area contributed by atoms with E-state index in [4.69, 9.17) is 9.47 Å². The number of ether oxygens (including phenoxy) is 2. The van der Waals surface area contributed by atoms with Crippen molar-refractivity contribution in [2.75, 3.05) is 7.11 Å². The Hall–Kier alpha value is -2.33. The summed E-state index contributed by atoms with van der Waals surface area (Å²) in [5.74, 6) is 0.905. The Morgan fingerprint density at radius 1 is 1.10 bits per heavy atom. The first kappa shape index (κ1) is 12.7. The standard InChI is InChI=1S/C16H14O4/c1-19-11-8-6-10(7-9-11)16-15(18)14(17)12-4-2-3-5-13(12)20-16/h2-9,15-16,18H,1H3. The first-order chi connectivity index (χ1) is 9.70. The molecule has 3 rings (SSSR count). The zero-order valence-electron chi connectivity index (χ0n) is 10.9. The molecular weight excluding hydrogens is 256 g/mol. The van der Waals surface area contributed by atoms with Gasteiger partial charge in [0.05, 0.1) is 12.7 Å². The molecule has 2 aromatic rings. The van der Waals surface area contributed by atoms with Gasteiger partial charge in [-0.1, -0.05) is 24.3 Å². The molecule has 1 heterocycles. The minimum Gasteiger partial charge on any atom is -0.497 e. The van der Waals surface area contributed by atoms with E-state index in [1.165, 1.54) is 0 Å². The number of carbonyl (C=O) groups is 1. The smallest absolute Gasteiger partial charge is 0.199 e. The first-order valence-electron chi connectivity index (χ1n) is 6.32. The maximum Gasteiger partial charge on any atom is 0.199 e. The van der Waals surface area contributed by atoms with Crippen LogP contribution in [0.1, 0.15) is 22.0 Å². The fraction of sp³-hybridized carbons (Fsp3) is 0.188. The Labute approximate surface area is 116 Å². The van der Waals surface area contributed by atoms with Crippen LogP contribution in [0, 0.1) is 0 Å². The molecule has 0 aromatic heterocycles. The van der Waals surface area contributed by atoms with Crippen LogP contribution in [0.15, 0.2) is 48.5 Å². The van der Waals surface area contributed by atoms with Crippen LogP contribution in [0.5, 0.6) is 11.5 Å². The third kappa shape index (κ3) is 2.04. The molecule has 1 aliphatic rings. The second-order valence-electron chi connectivity index (χ2n) is 4.62. The van der Waals surface area contributed by atoms with E-state index in [0.29, 0.717) is 17.1 Å². The maximum absolute atomic E-state index is 12.2. The highest BCUT2D eigenvalue weighted by Crippen LogP contribution is 2.35. The number of aliphatic hydroxyl groups excluding tert-OH is 1. The van der Waals surface area contributed by atoms with E-state index in [9.17, 15) is 9.90 Å². The molecule has 0 aliphatic carbocycles. The highest BCUT2D eigenvalue weighted by atomic mass is 16.5. The van der Waals surface area contributed by atoms with E-state index in [1.54, 1.807) is 55.6 Å². The van der Waals surface area contributed by atoms with Crippen molar-refractivity contribution in [1.29, 1.82) is 0 Å². The minimum absolute atomic E-state index is 0.312. The van der Waals surface area contributed by atoms with Gasteiger partial charge >= 0.3 is 0 Å². The van der Waals surface area contributed by atoms with E-state index in [2.05, 4.69) is 0 Å². The summed E-state index contributed by atoms with van der Waals surface area (Å²) in [7, 11) is 1.58. The summed E-state index contributed by atoms with van der Waals surface area (Å²) in [4.78, 5) is 12.2. The Morgan fingerprint density at radius 3 is 2.50 bits per heavy atom. The van der Waals surface area contributed by atoms with E-state index >= 15 is 0 Å². The minimum atomic E-state index is -1.20. The quantitative estimate of drug-likeness (QED) is 0.910. The molecule has 0 amide bonds. The average Bonchev–Trinajstić information content (AvgIpc) is 2.51. The second-order valence-corrected chi connectivity index (χ2v) is 4.62. The monoisotopic (exact) mass is 270 g/mol. The lowest BCUT2D eigenvalue weighted by Crippen LogP contribution is -2.36. The molecule has 102 valence electrons. The lowest BCUT2D eigenvalue weighted by atomic mass is 9.93. The first-order valence-corrected chi connectivity index (χ1v) is 6.32. The molecular formula is C16H14O4. The summed E-state index contributed by atoms with van der Waals surface area (Å²) in [6.45, 7) is 0. The highest BCUT2D eigenvalue weighted by molar-refractivity contribution is 6.03. The fourth-order valence-electron chi connectivity index (χ4n) is 2.31.